The molecule has 6 nitrogen and oxygen atoms in total. The van der Waals surface area contributed by atoms with Crippen LogP contribution in [0, 0.1) is 0 Å². The second-order valence-electron chi connectivity index (χ2n) is 6.01. The number of halogens is 1. The van der Waals surface area contributed by atoms with Crippen molar-refractivity contribution in [2.45, 2.75) is 6.61 Å². The van der Waals surface area contributed by atoms with Crippen LogP contribution in [0.4, 0.5) is 5.13 Å². The van der Waals surface area contributed by atoms with Crippen LogP contribution in [0.1, 0.15) is 15.9 Å². The standard InChI is InChI=1S/C21H15ClN4O2S/c22-16-10-8-14(9-11-16)13-28-21-26-25-20(29-21)24-19(27)17-7-4-12-23-18(17)15-5-2-1-3-6-15/h1-12H,13H2,(H,24,25,27). The molecule has 4 rings (SSSR count). The number of pyridine rings is 1. The molecule has 0 bridgehead atoms. The molecule has 1 amide bonds. The predicted octanol–water partition coefficient (Wildman–Crippen LogP) is 5.08. The summed E-state index contributed by atoms with van der Waals surface area (Å²) in [6, 6.07) is 20.3. The van der Waals surface area contributed by atoms with Crippen molar-refractivity contribution in [1.82, 2.24) is 15.2 Å². The summed E-state index contributed by atoms with van der Waals surface area (Å²) in [6.07, 6.45) is 1.66. The van der Waals surface area contributed by atoms with Crippen LogP contribution in [-0.4, -0.2) is 21.1 Å². The van der Waals surface area contributed by atoms with Crippen LogP contribution in [0.5, 0.6) is 5.19 Å². The first kappa shape index (κ1) is 19.0. The molecule has 8 heteroatoms. The van der Waals surface area contributed by atoms with E-state index in [1.165, 1.54) is 0 Å². The largest absolute Gasteiger partial charge is 0.464 e. The lowest BCUT2D eigenvalue weighted by Gasteiger charge is -2.07. The summed E-state index contributed by atoms with van der Waals surface area (Å²) in [5, 5.41) is 12.1. The highest BCUT2D eigenvalue weighted by Gasteiger charge is 2.16. The molecule has 0 aliphatic rings. The molecule has 2 aromatic carbocycles. The van der Waals surface area contributed by atoms with E-state index in [0.29, 0.717) is 33.2 Å². The number of amides is 1. The third-order valence-corrected chi connectivity index (χ3v) is 5.01. The van der Waals surface area contributed by atoms with Crippen LogP contribution in [0.3, 0.4) is 0 Å². The zero-order chi connectivity index (χ0) is 20.1. The minimum Gasteiger partial charge on any atom is -0.464 e. The van der Waals surface area contributed by atoms with Crippen LogP contribution in [0.2, 0.25) is 5.02 Å². The molecule has 0 atom stereocenters. The third kappa shape index (κ3) is 4.77. The second kappa shape index (κ2) is 8.81. The Hall–Kier alpha value is -3.29. The van der Waals surface area contributed by atoms with E-state index in [1.54, 1.807) is 30.5 Å². The minimum absolute atomic E-state index is 0.308. The number of anilines is 1. The number of carbonyl (C=O) groups excluding carboxylic acids is 1. The summed E-state index contributed by atoms with van der Waals surface area (Å²) in [7, 11) is 0. The van der Waals surface area contributed by atoms with E-state index >= 15 is 0 Å². The summed E-state index contributed by atoms with van der Waals surface area (Å²) in [5.74, 6) is -0.308. The van der Waals surface area contributed by atoms with E-state index in [1.807, 2.05) is 42.5 Å². The van der Waals surface area contributed by atoms with Crippen molar-refractivity contribution in [1.29, 1.82) is 0 Å². The molecule has 0 spiro atoms. The van der Waals surface area contributed by atoms with E-state index in [4.69, 9.17) is 16.3 Å². The minimum atomic E-state index is -0.308. The quantitative estimate of drug-likeness (QED) is 0.468. The van der Waals surface area contributed by atoms with Gasteiger partial charge in [0.2, 0.25) is 5.13 Å². The molecule has 0 radical (unpaired) electrons. The molecule has 0 saturated carbocycles. The molecule has 29 heavy (non-hydrogen) atoms. The molecule has 0 unspecified atom stereocenters. The number of benzene rings is 2. The lowest BCUT2D eigenvalue weighted by Crippen LogP contribution is -2.13. The van der Waals surface area contributed by atoms with Crippen LogP contribution < -0.4 is 10.1 Å². The molecule has 0 aliphatic heterocycles. The van der Waals surface area contributed by atoms with Gasteiger partial charge in [-0.1, -0.05) is 59.2 Å². The number of ether oxygens (including phenoxy) is 1. The first-order valence-electron chi connectivity index (χ1n) is 8.71. The molecule has 0 saturated heterocycles. The maximum Gasteiger partial charge on any atom is 0.296 e. The van der Waals surface area contributed by atoms with Gasteiger partial charge in [-0.05, 0) is 41.2 Å². The number of rotatable bonds is 6. The van der Waals surface area contributed by atoms with Crippen molar-refractivity contribution in [2.24, 2.45) is 0 Å². The zero-order valence-corrected chi connectivity index (χ0v) is 16.7. The van der Waals surface area contributed by atoms with Crippen molar-refractivity contribution < 1.29 is 9.53 Å². The first-order chi connectivity index (χ1) is 14.2. The number of nitrogens with one attached hydrogen (secondary N) is 1. The van der Waals surface area contributed by atoms with Gasteiger partial charge < -0.3 is 4.74 Å². The number of hydrogen-bond donors (Lipinski definition) is 1. The lowest BCUT2D eigenvalue weighted by molar-refractivity contribution is 0.102. The van der Waals surface area contributed by atoms with Gasteiger partial charge in [0.15, 0.2) is 0 Å². The molecule has 2 aromatic heterocycles. The van der Waals surface area contributed by atoms with Crippen molar-refractivity contribution in [2.75, 3.05) is 5.32 Å². The summed E-state index contributed by atoms with van der Waals surface area (Å²) in [5.41, 5.74) is 2.88. The lowest BCUT2D eigenvalue weighted by atomic mass is 10.1. The molecular weight excluding hydrogens is 408 g/mol. The average Bonchev–Trinajstić information content (AvgIpc) is 3.21. The molecular formula is C21H15ClN4O2S. The molecule has 0 fully saturated rings. The van der Waals surface area contributed by atoms with E-state index in [-0.39, 0.29) is 5.91 Å². The Bertz CT molecular complexity index is 1120. The number of carbonyl (C=O) groups is 1. The molecule has 4 aromatic rings. The number of hydrogen-bond acceptors (Lipinski definition) is 6. The van der Waals surface area contributed by atoms with Crippen molar-refractivity contribution in [3.05, 3.63) is 89.1 Å². The van der Waals surface area contributed by atoms with E-state index < -0.39 is 0 Å². The van der Waals surface area contributed by atoms with Gasteiger partial charge in [-0.15, -0.1) is 5.10 Å². The smallest absolute Gasteiger partial charge is 0.296 e. The summed E-state index contributed by atoms with van der Waals surface area (Å²) < 4.78 is 5.63. The number of nitrogens with zero attached hydrogens (tertiary/aromatic N) is 3. The molecule has 144 valence electrons. The average molecular weight is 423 g/mol. The maximum atomic E-state index is 12.8. The molecule has 1 N–H and O–H groups in total. The second-order valence-corrected chi connectivity index (χ2v) is 7.38. The van der Waals surface area contributed by atoms with Crippen molar-refractivity contribution in [3.63, 3.8) is 0 Å². The van der Waals surface area contributed by atoms with Gasteiger partial charge in [-0.2, -0.15) is 0 Å². The van der Waals surface area contributed by atoms with Crippen LogP contribution in [0.25, 0.3) is 11.3 Å². The fourth-order valence-corrected chi connectivity index (χ4v) is 3.34. The van der Waals surface area contributed by atoms with Crippen LogP contribution >= 0.6 is 22.9 Å². The highest BCUT2D eigenvalue weighted by molar-refractivity contribution is 7.17. The van der Waals surface area contributed by atoms with Crippen molar-refractivity contribution in [3.8, 4) is 16.5 Å². The van der Waals surface area contributed by atoms with E-state index in [0.717, 1.165) is 22.5 Å². The Balaban J connectivity index is 1.44. The Kier molecular flexibility index (Phi) is 5.79. The van der Waals surface area contributed by atoms with Gasteiger partial charge in [0.05, 0.1) is 11.3 Å². The van der Waals surface area contributed by atoms with E-state index in [9.17, 15) is 4.79 Å². The van der Waals surface area contributed by atoms with Crippen molar-refractivity contribution >= 4 is 34.0 Å². The van der Waals surface area contributed by atoms with Gasteiger partial charge in [-0.3, -0.25) is 15.1 Å². The summed E-state index contributed by atoms with van der Waals surface area (Å²) in [4.78, 5) is 17.1. The van der Waals surface area contributed by atoms with Gasteiger partial charge in [0, 0.05) is 16.8 Å². The Morgan fingerprint density at radius 2 is 1.79 bits per heavy atom. The number of aromatic nitrogens is 3. The van der Waals surface area contributed by atoms with Crippen LogP contribution in [-0.2, 0) is 6.61 Å². The predicted molar refractivity (Wildman–Crippen MR) is 113 cm³/mol. The zero-order valence-electron chi connectivity index (χ0n) is 15.1. The van der Waals surface area contributed by atoms with E-state index in [2.05, 4.69) is 20.5 Å². The Labute approximate surface area is 176 Å². The fraction of sp³-hybridized carbons (Fsp3) is 0.0476. The topological polar surface area (TPSA) is 77.0 Å². The first-order valence-corrected chi connectivity index (χ1v) is 9.91. The monoisotopic (exact) mass is 422 g/mol. The SMILES string of the molecule is O=C(Nc1nnc(OCc2ccc(Cl)cc2)s1)c1cccnc1-c1ccccc1. The van der Waals surface area contributed by atoms with Gasteiger partial charge in [-0.25, -0.2) is 0 Å². The van der Waals surface area contributed by atoms with Gasteiger partial charge >= 0.3 is 0 Å². The fourth-order valence-electron chi connectivity index (χ4n) is 2.62. The summed E-state index contributed by atoms with van der Waals surface area (Å²) >= 11 is 7.03. The van der Waals surface area contributed by atoms with Gasteiger partial charge in [0.25, 0.3) is 11.1 Å². The maximum absolute atomic E-state index is 12.8. The highest BCUT2D eigenvalue weighted by Crippen LogP contribution is 2.26. The Morgan fingerprint density at radius 1 is 1.00 bits per heavy atom. The third-order valence-electron chi connectivity index (χ3n) is 4.00. The van der Waals surface area contributed by atoms with Crippen LogP contribution in [0.15, 0.2) is 72.9 Å². The normalized spacial score (nSPS) is 10.5. The van der Waals surface area contributed by atoms with Gasteiger partial charge in [0.1, 0.15) is 6.61 Å². The Morgan fingerprint density at radius 3 is 2.59 bits per heavy atom. The highest BCUT2D eigenvalue weighted by atomic mass is 35.5. The molecule has 0 aliphatic carbocycles. The summed E-state index contributed by atoms with van der Waals surface area (Å²) in [6.45, 7) is 0.334. The molecule has 2 heterocycles.